The van der Waals surface area contributed by atoms with E-state index in [2.05, 4.69) is 5.32 Å². The van der Waals surface area contributed by atoms with Gasteiger partial charge in [0.05, 0.1) is 13.2 Å². The first kappa shape index (κ1) is 20.5. The van der Waals surface area contributed by atoms with E-state index in [0.29, 0.717) is 16.9 Å². The van der Waals surface area contributed by atoms with Crippen molar-refractivity contribution in [3.8, 4) is 5.75 Å². The first-order chi connectivity index (χ1) is 13.8. The molecule has 0 aliphatic rings. The van der Waals surface area contributed by atoms with Crippen molar-refractivity contribution < 1.29 is 23.5 Å². The lowest BCUT2D eigenvalue weighted by atomic mass is 10.0. The van der Waals surface area contributed by atoms with Crippen LogP contribution < -0.4 is 10.1 Å². The van der Waals surface area contributed by atoms with Crippen molar-refractivity contribution in [3.63, 3.8) is 0 Å². The van der Waals surface area contributed by atoms with Gasteiger partial charge in [0.25, 0.3) is 5.91 Å². The van der Waals surface area contributed by atoms with Crippen LogP contribution in [0.2, 0.25) is 0 Å². The number of methoxy groups -OCH3 is 1. The van der Waals surface area contributed by atoms with Gasteiger partial charge in [-0.1, -0.05) is 18.2 Å². The van der Waals surface area contributed by atoms with E-state index >= 15 is 0 Å². The Bertz CT molecular complexity index is 1070. The molecule has 1 aromatic heterocycles. The monoisotopic (exact) mass is 395 g/mol. The molecule has 29 heavy (non-hydrogen) atoms. The number of benzene rings is 2. The number of rotatable bonds is 6. The zero-order valence-corrected chi connectivity index (χ0v) is 17.3. The van der Waals surface area contributed by atoms with Crippen molar-refractivity contribution in [1.29, 1.82) is 0 Å². The first-order valence-corrected chi connectivity index (χ1v) is 9.41. The summed E-state index contributed by atoms with van der Waals surface area (Å²) < 4.78 is 16.0. The maximum atomic E-state index is 12.4. The molecule has 0 saturated heterocycles. The van der Waals surface area contributed by atoms with Crippen LogP contribution in [0.25, 0.3) is 11.0 Å². The highest BCUT2D eigenvalue weighted by molar-refractivity contribution is 5.97. The van der Waals surface area contributed by atoms with Crippen LogP contribution in [0.3, 0.4) is 0 Å². The van der Waals surface area contributed by atoms with Crippen molar-refractivity contribution >= 4 is 22.8 Å². The maximum absolute atomic E-state index is 12.4. The van der Waals surface area contributed by atoms with Gasteiger partial charge in [-0.15, -0.1) is 0 Å². The minimum atomic E-state index is -0.674. The fraction of sp³-hybridized carbons (Fsp3) is 0.304. The second kappa shape index (κ2) is 8.39. The summed E-state index contributed by atoms with van der Waals surface area (Å²) in [5.41, 5.74) is 4.55. The number of carbonyl (C=O) groups is 2. The molecule has 3 rings (SSSR count). The molecular weight excluding hydrogens is 370 g/mol. The number of ether oxygens (including phenoxy) is 2. The number of carbonyl (C=O) groups excluding carboxylic acids is 2. The van der Waals surface area contributed by atoms with Gasteiger partial charge in [-0.2, -0.15) is 0 Å². The molecule has 1 N–H and O–H groups in total. The van der Waals surface area contributed by atoms with E-state index in [1.165, 1.54) is 5.56 Å². The molecule has 1 atom stereocenters. The summed E-state index contributed by atoms with van der Waals surface area (Å²) in [5.74, 6) is -0.296. The maximum Gasteiger partial charge on any atom is 0.375 e. The average Bonchev–Trinajstić information content (AvgIpc) is 3.04. The van der Waals surface area contributed by atoms with Crippen molar-refractivity contribution in [2.24, 2.45) is 0 Å². The smallest absolute Gasteiger partial charge is 0.375 e. The van der Waals surface area contributed by atoms with E-state index in [-0.39, 0.29) is 24.3 Å². The summed E-state index contributed by atoms with van der Waals surface area (Å²) in [6.07, 6.45) is 0. The van der Waals surface area contributed by atoms with Gasteiger partial charge in [0.2, 0.25) is 5.76 Å². The third-order valence-corrected chi connectivity index (χ3v) is 5.07. The topological polar surface area (TPSA) is 77.8 Å². The van der Waals surface area contributed by atoms with Crippen LogP contribution in [-0.4, -0.2) is 25.6 Å². The van der Waals surface area contributed by atoms with Gasteiger partial charge in [-0.3, -0.25) is 4.79 Å². The summed E-state index contributed by atoms with van der Waals surface area (Å²) in [5, 5.41) is 3.61. The molecule has 6 nitrogen and oxygen atoms in total. The predicted molar refractivity (Wildman–Crippen MR) is 110 cm³/mol. The Kier molecular flexibility index (Phi) is 5.92. The molecule has 0 unspecified atom stereocenters. The van der Waals surface area contributed by atoms with Gasteiger partial charge in [-0.25, -0.2) is 4.79 Å². The van der Waals surface area contributed by atoms with E-state index in [1.54, 1.807) is 32.2 Å². The SMILES string of the molecule is COc1ccc2oc(C(=O)OCC(=O)N[C@H](C)c3ccc(C)c(C)c3)c(C)c2c1. The number of amides is 1. The number of fused-ring (bicyclic) bond motifs is 1. The summed E-state index contributed by atoms with van der Waals surface area (Å²) >= 11 is 0. The molecular formula is C23H25NO5. The normalized spacial score (nSPS) is 11.9. The van der Waals surface area contributed by atoms with E-state index in [4.69, 9.17) is 13.9 Å². The van der Waals surface area contributed by atoms with E-state index in [9.17, 15) is 9.59 Å². The first-order valence-electron chi connectivity index (χ1n) is 9.41. The van der Waals surface area contributed by atoms with Crippen LogP contribution in [0.4, 0.5) is 0 Å². The highest BCUT2D eigenvalue weighted by Gasteiger charge is 2.21. The molecule has 152 valence electrons. The molecule has 1 heterocycles. The van der Waals surface area contributed by atoms with Crippen LogP contribution in [-0.2, 0) is 9.53 Å². The van der Waals surface area contributed by atoms with Crippen LogP contribution >= 0.6 is 0 Å². The third kappa shape index (κ3) is 4.42. The Labute approximate surface area is 169 Å². The standard InChI is InChI=1S/C23H25NO5/c1-13-6-7-17(10-14(13)2)16(4)24-21(25)12-28-23(26)22-15(3)19-11-18(27-5)8-9-20(19)29-22/h6-11,16H,12H2,1-5H3,(H,24,25)/t16-/m1/s1. The fourth-order valence-corrected chi connectivity index (χ4v) is 3.12. The van der Waals surface area contributed by atoms with Crippen molar-refractivity contribution in [2.75, 3.05) is 13.7 Å². The number of hydrogen-bond acceptors (Lipinski definition) is 5. The molecule has 0 spiro atoms. The lowest BCUT2D eigenvalue weighted by Gasteiger charge is -2.15. The van der Waals surface area contributed by atoms with E-state index in [1.807, 2.05) is 39.0 Å². The summed E-state index contributed by atoms with van der Waals surface area (Å²) in [6.45, 7) is 7.34. The quantitative estimate of drug-likeness (QED) is 0.626. The predicted octanol–water partition coefficient (Wildman–Crippen LogP) is 4.40. The molecule has 3 aromatic rings. The number of furan rings is 1. The van der Waals surface area contributed by atoms with Crippen LogP contribution in [0.5, 0.6) is 5.75 Å². The number of aryl methyl sites for hydroxylation is 3. The third-order valence-electron chi connectivity index (χ3n) is 5.07. The van der Waals surface area contributed by atoms with Crippen molar-refractivity contribution in [1.82, 2.24) is 5.32 Å². The average molecular weight is 395 g/mol. The molecule has 2 aromatic carbocycles. The van der Waals surface area contributed by atoms with Gasteiger partial charge in [-0.05, 0) is 62.6 Å². The van der Waals surface area contributed by atoms with E-state index < -0.39 is 5.97 Å². The molecule has 1 amide bonds. The Balaban J connectivity index is 1.62. The highest BCUT2D eigenvalue weighted by atomic mass is 16.5. The van der Waals surface area contributed by atoms with Gasteiger partial charge >= 0.3 is 5.97 Å². The van der Waals surface area contributed by atoms with Gasteiger partial charge in [0, 0.05) is 10.9 Å². The second-order valence-electron chi connectivity index (χ2n) is 7.13. The second-order valence-corrected chi connectivity index (χ2v) is 7.13. The molecule has 0 radical (unpaired) electrons. The van der Waals surface area contributed by atoms with Crippen LogP contribution in [0.1, 0.15) is 45.8 Å². The number of esters is 1. The van der Waals surface area contributed by atoms with Crippen molar-refractivity contribution in [2.45, 2.75) is 33.7 Å². The molecule has 0 aliphatic carbocycles. The zero-order valence-electron chi connectivity index (χ0n) is 17.3. The minimum Gasteiger partial charge on any atom is -0.497 e. The molecule has 0 bridgehead atoms. The van der Waals surface area contributed by atoms with Crippen molar-refractivity contribution in [3.05, 3.63) is 64.4 Å². The largest absolute Gasteiger partial charge is 0.497 e. The van der Waals surface area contributed by atoms with E-state index in [0.717, 1.165) is 16.5 Å². The highest BCUT2D eigenvalue weighted by Crippen LogP contribution is 2.29. The fourth-order valence-electron chi connectivity index (χ4n) is 3.12. The molecule has 0 saturated carbocycles. The summed E-state index contributed by atoms with van der Waals surface area (Å²) in [4.78, 5) is 24.6. The number of hydrogen-bond donors (Lipinski definition) is 1. The van der Waals surface area contributed by atoms with Gasteiger partial charge in [0.1, 0.15) is 11.3 Å². The molecule has 0 fully saturated rings. The summed E-state index contributed by atoms with van der Waals surface area (Å²) in [6, 6.07) is 11.1. The van der Waals surface area contributed by atoms with Gasteiger partial charge in [0.15, 0.2) is 6.61 Å². The Morgan fingerprint density at radius 3 is 2.52 bits per heavy atom. The molecule has 0 aliphatic heterocycles. The van der Waals surface area contributed by atoms with Crippen LogP contribution in [0.15, 0.2) is 40.8 Å². The van der Waals surface area contributed by atoms with Crippen LogP contribution in [0, 0.1) is 20.8 Å². The Morgan fingerprint density at radius 1 is 1.07 bits per heavy atom. The lowest BCUT2D eigenvalue weighted by Crippen LogP contribution is -2.31. The zero-order chi connectivity index (χ0) is 21.1. The number of nitrogens with one attached hydrogen (secondary N) is 1. The Morgan fingerprint density at radius 2 is 1.83 bits per heavy atom. The minimum absolute atomic E-state index is 0.0864. The summed E-state index contributed by atoms with van der Waals surface area (Å²) in [7, 11) is 1.57. The lowest BCUT2D eigenvalue weighted by molar-refractivity contribution is -0.124. The van der Waals surface area contributed by atoms with Gasteiger partial charge < -0.3 is 19.2 Å². The Hall–Kier alpha value is -3.28. The molecule has 6 heteroatoms.